The summed E-state index contributed by atoms with van der Waals surface area (Å²) in [5.74, 6) is 0.345. The van der Waals surface area contributed by atoms with Crippen LogP contribution in [-0.2, 0) is 16.1 Å². The van der Waals surface area contributed by atoms with Crippen LogP contribution in [0.4, 0.5) is 0 Å². The van der Waals surface area contributed by atoms with Gasteiger partial charge in [-0.15, -0.1) is 0 Å². The Bertz CT molecular complexity index is 604. The Labute approximate surface area is 162 Å². The van der Waals surface area contributed by atoms with Crippen LogP contribution in [0.1, 0.15) is 63.6 Å². The molecule has 26 heavy (non-hydrogen) atoms. The van der Waals surface area contributed by atoms with Gasteiger partial charge in [-0.1, -0.05) is 44.7 Å². The molecule has 1 aliphatic carbocycles. The van der Waals surface area contributed by atoms with Crippen LogP contribution in [0.15, 0.2) is 6.08 Å². The smallest absolute Gasteiger partial charge is 0.244 e. The number of hydrogen-bond acceptors (Lipinski definition) is 3. The number of aromatic nitrogens is 2. The summed E-state index contributed by atoms with van der Waals surface area (Å²) in [5, 5.41) is 7.92. The summed E-state index contributed by atoms with van der Waals surface area (Å²) in [7, 11) is 0. The molecule has 0 saturated heterocycles. The van der Waals surface area contributed by atoms with E-state index in [2.05, 4.69) is 24.3 Å². The first-order chi connectivity index (χ1) is 12.5. The Hall–Kier alpha value is -1.33. The number of aryl methyl sites for hydroxylation is 1. The topological polar surface area (TPSA) is 56.2 Å². The van der Waals surface area contributed by atoms with Gasteiger partial charge in [0.2, 0.25) is 5.91 Å². The van der Waals surface area contributed by atoms with E-state index in [0.29, 0.717) is 30.3 Å². The van der Waals surface area contributed by atoms with Crippen LogP contribution in [0.2, 0.25) is 5.15 Å². The average Bonchev–Trinajstić information content (AvgIpc) is 2.86. The zero-order valence-electron chi connectivity index (χ0n) is 16.3. The van der Waals surface area contributed by atoms with Gasteiger partial charge >= 0.3 is 0 Å². The second-order valence-corrected chi connectivity index (χ2v) is 7.83. The Morgan fingerprint density at radius 3 is 2.81 bits per heavy atom. The van der Waals surface area contributed by atoms with Gasteiger partial charge in [0.15, 0.2) is 0 Å². The van der Waals surface area contributed by atoms with E-state index in [4.69, 9.17) is 16.3 Å². The summed E-state index contributed by atoms with van der Waals surface area (Å²) in [6.45, 7) is 8.24. The first-order valence-electron chi connectivity index (χ1n) is 9.77. The molecule has 1 aromatic rings. The molecule has 0 unspecified atom stereocenters. The molecule has 1 heterocycles. The van der Waals surface area contributed by atoms with Crippen LogP contribution in [0.25, 0.3) is 6.08 Å². The van der Waals surface area contributed by atoms with Gasteiger partial charge in [-0.05, 0) is 38.2 Å². The lowest BCUT2D eigenvalue weighted by Crippen LogP contribution is -2.24. The number of carbonyl (C=O) groups is 1. The van der Waals surface area contributed by atoms with Crippen molar-refractivity contribution >= 4 is 23.6 Å². The third-order valence-electron chi connectivity index (χ3n) is 4.57. The normalized spacial score (nSPS) is 15.9. The van der Waals surface area contributed by atoms with Crippen molar-refractivity contribution in [1.82, 2.24) is 15.1 Å². The van der Waals surface area contributed by atoms with Crippen LogP contribution in [0.3, 0.4) is 0 Å². The highest BCUT2D eigenvalue weighted by Crippen LogP contribution is 2.22. The number of ether oxygens (including phenoxy) is 1. The van der Waals surface area contributed by atoms with E-state index in [-0.39, 0.29) is 5.91 Å². The molecule has 146 valence electrons. The number of halogens is 1. The number of carbonyl (C=O) groups excluding carboxylic acids is 1. The molecule has 6 heteroatoms. The Morgan fingerprint density at radius 1 is 1.38 bits per heavy atom. The maximum absolute atomic E-state index is 12.0. The Kier molecular flexibility index (Phi) is 8.66. The SMILES string of the molecule is Cc1nn(CC(C)C)c(Cl)c1/C=C/C(=O)NCCCOC1CCCCC1. The summed E-state index contributed by atoms with van der Waals surface area (Å²) < 4.78 is 7.66. The fourth-order valence-corrected chi connectivity index (χ4v) is 3.51. The quantitative estimate of drug-likeness (QED) is 0.510. The molecule has 1 N–H and O–H groups in total. The van der Waals surface area contributed by atoms with Crippen LogP contribution >= 0.6 is 11.6 Å². The van der Waals surface area contributed by atoms with Gasteiger partial charge in [0.25, 0.3) is 0 Å². The highest BCUT2D eigenvalue weighted by Gasteiger charge is 2.13. The molecule has 0 atom stereocenters. The predicted octanol–water partition coefficient (Wildman–Crippen LogP) is 4.37. The number of nitrogens with one attached hydrogen (secondary N) is 1. The van der Waals surface area contributed by atoms with Crippen molar-refractivity contribution in [2.24, 2.45) is 5.92 Å². The van der Waals surface area contributed by atoms with Crippen LogP contribution < -0.4 is 5.32 Å². The summed E-state index contributed by atoms with van der Waals surface area (Å²) in [6, 6.07) is 0. The number of nitrogens with zero attached hydrogens (tertiary/aromatic N) is 2. The molecule has 1 aliphatic rings. The zero-order chi connectivity index (χ0) is 18.9. The van der Waals surface area contributed by atoms with E-state index in [1.54, 1.807) is 10.8 Å². The van der Waals surface area contributed by atoms with E-state index in [1.807, 2.05) is 6.92 Å². The fraction of sp³-hybridized carbons (Fsp3) is 0.700. The van der Waals surface area contributed by atoms with Crippen molar-refractivity contribution in [3.8, 4) is 0 Å². The molecule has 0 aromatic carbocycles. The monoisotopic (exact) mass is 381 g/mol. The van der Waals surface area contributed by atoms with Gasteiger partial charge in [-0.2, -0.15) is 5.10 Å². The lowest BCUT2D eigenvalue weighted by atomic mass is 9.98. The van der Waals surface area contributed by atoms with Gasteiger partial charge in [0, 0.05) is 31.3 Å². The van der Waals surface area contributed by atoms with Crippen LogP contribution in [0, 0.1) is 12.8 Å². The second kappa shape index (κ2) is 10.7. The lowest BCUT2D eigenvalue weighted by Gasteiger charge is -2.21. The second-order valence-electron chi connectivity index (χ2n) is 7.47. The van der Waals surface area contributed by atoms with E-state index in [0.717, 1.165) is 24.2 Å². The summed E-state index contributed by atoms with van der Waals surface area (Å²) in [6.07, 6.45) is 10.8. The highest BCUT2D eigenvalue weighted by atomic mass is 35.5. The minimum atomic E-state index is -0.116. The van der Waals surface area contributed by atoms with Gasteiger partial charge in [0.1, 0.15) is 5.15 Å². The number of hydrogen-bond donors (Lipinski definition) is 1. The number of rotatable bonds is 9. The van der Waals surface area contributed by atoms with Crippen LogP contribution in [-0.4, -0.2) is 34.9 Å². The van der Waals surface area contributed by atoms with E-state index in [9.17, 15) is 4.79 Å². The van der Waals surface area contributed by atoms with Gasteiger partial charge < -0.3 is 10.1 Å². The minimum Gasteiger partial charge on any atom is -0.378 e. The van der Waals surface area contributed by atoms with Crippen molar-refractivity contribution in [2.75, 3.05) is 13.2 Å². The van der Waals surface area contributed by atoms with Crippen molar-refractivity contribution in [3.63, 3.8) is 0 Å². The van der Waals surface area contributed by atoms with Gasteiger partial charge in [0.05, 0.1) is 11.8 Å². The van der Waals surface area contributed by atoms with E-state index in [1.165, 1.54) is 38.2 Å². The van der Waals surface area contributed by atoms with Crippen molar-refractivity contribution in [3.05, 3.63) is 22.5 Å². The summed E-state index contributed by atoms with van der Waals surface area (Å²) in [4.78, 5) is 12.0. The molecular formula is C20H32ClN3O2. The Balaban J connectivity index is 1.71. The molecule has 1 fully saturated rings. The molecule has 5 nitrogen and oxygen atoms in total. The molecule has 2 rings (SSSR count). The predicted molar refractivity (Wildman–Crippen MR) is 106 cm³/mol. The third-order valence-corrected chi connectivity index (χ3v) is 4.97. The standard InChI is InChI=1S/C20H32ClN3O2/c1-15(2)14-24-20(21)18(16(3)23-24)10-11-19(25)22-12-7-13-26-17-8-5-4-6-9-17/h10-11,15,17H,4-9,12-14H2,1-3H3,(H,22,25)/b11-10+. The zero-order valence-corrected chi connectivity index (χ0v) is 17.0. The molecule has 1 amide bonds. The Morgan fingerprint density at radius 2 is 2.12 bits per heavy atom. The largest absolute Gasteiger partial charge is 0.378 e. The third kappa shape index (κ3) is 6.76. The molecule has 1 saturated carbocycles. The first-order valence-corrected chi connectivity index (χ1v) is 10.2. The van der Waals surface area contributed by atoms with Crippen molar-refractivity contribution < 1.29 is 9.53 Å². The molecule has 0 radical (unpaired) electrons. The molecule has 0 bridgehead atoms. The maximum atomic E-state index is 12.0. The van der Waals surface area contributed by atoms with Crippen molar-refractivity contribution in [2.45, 2.75) is 71.9 Å². The van der Waals surface area contributed by atoms with E-state index < -0.39 is 0 Å². The van der Waals surface area contributed by atoms with E-state index >= 15 is 0 Å². The summed E-state index contributed by atoms with van der Waals surface area (Å²) >= 11 is 6.38. The molecule has 0 spiro atoms. The number of amides is 1. The molecular weight excluding hydrogens is 350 g/mol. The maximum Gasteiger partial charge on any atom is 0.244 e. The van der Waals surface area contributed by atoms with Crippen molar-refractivity contribution in [1.29, 1.82) is 0 Å². The van der Waals surface area contributed by atoms with Crippen LogP contribution in [0.5, 0.6) is 0 Å². The molecule has 1 aromatic heterocycles. The highest BCUT2D eigenvalue weighted by molar-refractivity contribution is 6.31. The average molecular weight is 382 g/mol. The fourth-order valence-electron chi connectivity index (χ4n) is 3.21. The minimum absolute atomic E-state index is 0.116. The van der Waals surface area contributed by atoms with Gasteiger partial charge in [-0.25, -0.2) is 0 Å². The van der Waals surface area contributed by atoms with Gasteiger partial charge in [-0.3, -0.25) is 9.48 Å². The lowest BCUT2D eigenvalue weighted by molar-refractivity contribution is -0.116. The summed E-state index contributed by atoms with van der Waals surface area (Å²) in [5.41, 5.74) is 1.64. The first kappa shape index (κ1) is 21.0. The molecule has 0 aliphatic heterocycles.